The number of benzene rings is 1. The van der Waals surface area contributed by atoms with Crippen molar-refractivity contribution in [2.24, 2.45) is 0 Å². The van der Waals surface area contributed by atoms with Crippen LogP contribution in [0.5, 0.6) is 11.5 Å². The van der Waals surface area contributed by atoms with E-state index in [2.05, 4.69) is 5.32 Å². The van der Waals surface area contributed by atoms with Crippen molar-refractivity contribution in [2.75, 3.05) is 20.3 Å². The van der Waals surface area contributed by atoms with Gasteiger partial charge in [-0.3, -0.25) is 10.1 Å². The topological polar surface area (TPSA) is 103 Å². The van der Waals surface area contributed by atoms with Crippen molar-refractivity contribution < 1.29 is 28.6 Å². The molecule has 2 N–H and O–H groups in total. The molecule has 1 rings (SSSR count). The molecule has 8 nitrogen and oxygen atoms in total. The molecule has 0 saturated heterocycles. The van der Waals surface area contributed by atoms with Crippen LogP contribution in [0.15, 0.2) is 18.2 Å². The van der Waals surface area contributed by atoms with Crippen molar-refractivity contribution in [2.45, 2.75) is 33.3 Å². The molecule has 0 unspecified atom stereocenters. The maximum atomic E-state index is 12.2. The van der Waals surface area contributed by atoms with Crippen molar-refractivity contribution in [3.8, 4) is 11.5 Å². The van der Waals surface area contributed by atoms with E-state index in [1.165, 1.54) is 26.1 Å². The average Bonchev–Trinajstić information content (AvgIpc) is 2.60. The standard InChI is InChI=1S/C17H24N2O6/c1-5-9-24-13-8-7-12(10-14(13)23-6-2)16(21)25-11(3)15(20)19-17(22)18-4/h7-8,10-11H,5-6,9H2,1-4H3,(H2,18,19,20,22)/t11-/m1/s1. The molecule has 0 fully saturated rings. The Kier molecular flexibility index (Phi) is 8.25. The number of carbonyl (C=O) groups is 3. The lowest BCUT2D eigenvalue weighted by Crippen LogP contribution is -2.43. The van der Waals surface area contributed by atoms with Crippen LogP contribution in [0.25, 0.3) is 0 Å². The minimum absolute atomic E-state index is 0.215. The molecular formula is C17H24N2O6. The largest absolute Gasteiger partial charge is 0.490 e. The Balaban J connectivity index is 2.81. The van der Waals surface area contributed by atoms with Crippen LogP contribution in [0.2, 0.25) is 0 Å². The Morgan fingerprint density at radius 1 is 1.12 bits per heavy atom. The zero-order valence-corrected chi connectivity index (χ0v) is 14.9. The molecule has 138 valence electrons. The summed E-state index contributed by atoms with van der Waals surface area (Å²) in [6.45, 7) is 6.11. The number of carbonyl (C=O) groups excluding carboxylic acids is 3. The molecule has 0 aliphatic heterocycles. The van der Waals surface area contributed by atoms with Crippen LogP contribution in [0.3, 0.4) is 0 Å². The maximum Gasteiger partial charge on any atom is 0.339 e. The summed E-state index contributed by atoms with van der Waals surface area (Å²) in [5.74, 6) is -0.471. The van der Waals surface area contributed by atoms with E-state index in [9.17, 15) is 14.4 Å². The van der Waals surface area contributed by atoms with E-state index < -0.39 is 24.0 Å². The van der Waals surface area contributed by atoms with Crippen molar-refractivity contribution in [3.05, 3.63) is 23.8 Å². The third kappa shape index (κ3) is 6.33. The van der Waals surface area contributed by atoms with Crippen LogP contribution < -0.4 is 20.1 Å². The third-order valence-electron chi connectivity index (χ3n) is 3.06. The highest BCUT2D eigenvalue weighted by Gasteiger charge is 2.21. The first-order valence-corrected chi connectivity index (χ1v) is 8.06. The van der Waals surface area contributed by atoms with Gasteiger partial charge in [0.05, 0.1) is 18.8 Å². The molecular weight excluding hydrogens is 328 g/mol. The molecule has 0 spiro atoms. The third-order valence-corrected chi connectivity index (χ3v) is 3.06. The Bertz CT molecular complexity index is 617. The highest BCUT2D eigenvalue weighted by Crippen LogP contribution is 2.29. The molecule has 1 aromatic carbocycles. The number of urea groups is 1. The molecule has 1 aromatic rings. The number of ether oxygens (including phenoxy) is 3. The van der Waals surface area contributed by atoms with Gasteiger partial charge in [-0.25, -0.2) is 9.59 Å². The van der Waals surface area contributed by atoms with Gasteiger partial charge in [0.2, 0.25) is 0 Å². The second kappa shape index (κ2) is 10.2. The molecule has 8 heteroatoms. The number of hydrogen-bond donors (Lipinski definition) is 2. The molecule has 25 heavy (non-hydrogen) atoms. The molecule has 0 heterocycles. The van der Waals surface area contributed by atoms with Gasteiger partial charge in [0.1, 0.15) is 0 Å². The SMILES string of the molecule is CCCOc1ccc(C(=O)O[C@H](C)C(=O)NC(=O)NC)cc1OCC. The molecule has 0 aromatic heterocycles. The van der Waals surface area contributed by atoms with Crippen LogP contribution in [-0.4, -0.2) is 44.3 Å². The molecule has 0 aliphatic carbocycles. The minimum atomic E-state index is -1.13. The van der Waals surface area contributed by atoms with E-state index >= 15 is 0 Å². The van der Waals surface area contributed by atoms with E-state index in [4.69, 9.17) is 14.2 Å². The van der Waals surface area contributed by atoms with Gasteiger partial charge in [-0.1, -0.05) is 6.92 Å². The first-order chi connectivity index (χ1) is 11.9. The molecule has 0 bridgehead atoms. The molecule has 0 saturated carbocycles. The molecule has 3 amide bonds. The van der Waals surface area contributed by atoms with Crippen molar-refractivity contribution in [1.29, 1.82) is 0 Å². The normalized spacial score (nSPS) is 11.2. The van der Waals surface area contributed by atoms with Crippen molar-refractivity contribution in [3.63, 3.8) is 0 Å². The van der Waals surface area contributed by atoms with Crippen molar-refractivity contribution in [1.82, 2.24) is 10.6 Å². The Morgan fingerprint density at radius 3 is 2.44 bits per heavy atom. The summed E-state index contributed by atoms with van der Waals surface area (Å²) < 4.78 is 16.1. The van der Waals surface area contributed by atoms with Gasteiger partial charge < -0.3 is 19.5 Å². The number of imide groups is 1. The fourth-order valence-electron chi connectivity index (χ4n) is 1.79. The van der Waals surface area contributed by atoms with Crippen LogP contribution in [0.4, 0.5) is 4.79 Å². The van der Waals surface area contributed by atoms with Gasteiger partial charge in [0, 0.05) is 7.05 Å². The Labute approximate surface area is 146 Å². The number of amides is 3. The van der Waals surface area contributed by atoms with Gasteiger partial charge in [-0.2, -0.15) is 0 Å². The van der Waals surface area contributed by atoms with Gasteiger partial charge in [0.25, 0.3) is 5.91 Å². The quantitative estimate of drug-likeness (QED) is 0.693. The van der Waals surface area contributed by atoms with E-state index in [0.717, 1.165) is 6.42 Å². The monoisotopic (exact) mass is 352 g/mol. The van der Waals surface area contributed by atoms with Crippen LogP contribution in [0.1, 0.15) is 37.6 Å². The predicted octanol–water partition coefficient (Wildman–Crippen LogP) is 1.87. The van der Waals surface area contributed by atoms with Crippen LogP contribution in [-0.2, 0) is 9.53 Å². The zero-order chi connectivity index (χ0) is 18.8. The van der Waals surface area contributed by atoms with Gasteiger partial charge in [-0.05, 0) is 38.5 Å². The Hall–Kier alpha value is -2.77. The van der Waals surface area contributed by atoms with E-state index in [0.29, 0.717) is 24.7 Å². The number of rotatable bonds is 8. The van der Waals surface area contributed by atoms with Gasteiger partial charge in [0.15, 0.2) is 17.6 Å². The van der Waals surface area contributed by atoms with Crippen molar-refractivity contribution >= 4 is 17.9 Å². The summed E-state index contributed by atoms with van der Waals surface area (Å²) in [7, 11) is 1.37. The highest BCUT2D eigenvalue weighted by molar-refractivity contribution is 5.98. The molecule has 1 atom stereocenters. The van der Waals surface area contributed by atoms with Crippen LogP contribution >= 0.6 is 0 Å². The second-order valence-corrected chi connectivity index (χ2v) is 5.06. The predicted molar refractivity (Wildman–Crippen MR) is 90.9 cm³/mol. The first kappa shape index (κ1) is 20.3. The fraction of sp³-hybridized carbons (Fsp3) is 0.471. The lowest BCUT2D eigenvalue weighted by molar-refractivity contribution is -0.127. The van der Waals surface area contributed by atoms with E-state index in [-0.39, 0.29) is 5.56 Å². The second-order valence-electron chi connectivity index (χ2n) is 5.06. The first-order valence-electron chi connectivity index (χ1n) is 8.06. The molecule has 0 aliphatic rings. The van der Waals surface area contributed by atoms with Gasteiger partial charge in [-0.15, -0.1) is 0 Å². The zero-order valence-electron chi connectivity index (χ0n) is 14.9. The summed E-state index contributed by atoms with van der Waals surface area (Å²) in [5.41, 5.74) is 0.215. The number of esters is 1. The maximum absolute atomic E-state index is 12.2. The van der Waals surface area contributed by atoms with Crippen LogP contribution in [0, 0.1) is 0 Å². The van der Waals surface area contributed by atoms with E-state index in [1.807, 2.05) is 19.2 Å². The average molecular weight is 352 g/mol. The molecule has 0 radical (unpaired) electrons. The smallest absolute Gasteiger partial charge is 0.339 e. The number of hydrogen-bond acceptors (Lipinski definition) is 6. The van der Waals surface area contributed by atoms with E-state index in [1.54, 1.807) is 6.07 Å². The van der Waals surface area contributed by atoms with Gasteiger partial charge >= 0.3 is 12.0 Å². The summed E-state index contributed by atoms with van der Waals surface area (Å²) in [6, 6.07) is 3.97. The summed E-state index contributed by atoms with van der Waals surface area (Å²) >= 11 is 0. The fourth-order valence-corrected chi connectivity index (χ4v) is 1.79. The minimum Gasteiger partial charge on any atom is -0.490 e. The lowest BCUT2D eigenvalue weighted by atomic mass is 10.2. The summed E-state index contributed by atoms with van der Waals surface area (Å²) in [6.07, 6.45) is -0.288. The Morgan fingerprint density at radius 2 is 1.84 bits per heavy atom. The number of nitrogens with one attached hydrogen (secondary N) is 2. The lowest BCUT2D eigenvalue weighted by Gasteiger charge is -2.15. The summed E-state index contributed by atoms with van der Waals surface area (Å²) in [5, 5.41) is 4.28. The summed E-state index contributed by atoms with van der Waals surface area (Å²) in [4.78, 5) is 35.0. The highest BCUT2D eigenvalue weighted by atomic mass is 16.5.